The van der Waals surface area contributed by atoms with Gasteiger partial charge in [0.2, 0.25) is 0 Å². The van der Waals surface area contributed by atoms with Crippen molar-refractivity contribution in [3.05, 3.63) is 12.7 Å². The Labute approximate surface area is 102 Å². The van der Waals surface area contributed by atoms with Crippen LogP contribution >= 0.6 is 0 Å². The number of nitrogens with two attached hydrogens (primary N) is 2. The van der Waals surface area contributed by atoms with E-state index >= 15 is 0 Å². The summed E-state index contributed by atoms with van der Waals surface area (Å²) >= 11 is 0. The Morgan fingerprint density at radius 1 is 1.06 bits per heavy atom. The summed E-state index contributed by atoms with van der Waals surface area (Å²) in [6.45, 7) is 5.84. The maximum absolute atomic E-state index is 6.00. The third-order valence-electron chi connectivity index (χ3n) is 1.26. The van der Waals surface area contributed by atoms with Gasteiger partial charge in [0.25, 0.3) is 0 Å². The van der Waals surface area contributed by atoms with E-state index in [-0.39, 0.29) is 0 Å². The quantitative estimate of drug-likeness (QED) is 0.108. The minimum Gasteiger partial charge on any atom is -0.322 e. The molecule has 0 atom stereocenters. The van der Waals surface area contributed by atoms with Crippen molar-refractivity contribution in [2.24, 2.45) is 32.1 Å². The molecular formula is C9H22N8. The lowest BCUT2D eigenvalue weighted by Gasteiger charge is -1.87. The van der Waals surface area contributed by atoms with Crippen LogP contribution in [0.5, 0.6) is 0 Å². The number of hydrogen-bond acceptors (Lipinski definition) is 6. The van der Waals surface area contributed by atoms with Gasteiger partial charge in [0.15, 0.2) is 12.7 Å². The Morgan fingerprint density at radius 3 is 1.71 bits per heavy atom. The summed E-state index contributed by atoms with van der Waals surface area (Å²) in [6.07, 6.45) is 9.04. The maximum atomic E-state index is 6.00. The van der Waals surface area contributed by atoms with Gasteiger partial charge < -0.3 is 11.7 Å². The van der Waals surface area contributed by atoms with Gasteiger partial charge in [-0.05, 0) is 12.8 Å². The van der Waals surface area contributed by atoms with E-state index < -0.39 is 0 Å². The predicted molar refractivity (Wildman–Crippen MR) is 70.0 cm³/mol. The fourth-order valence-corrected chi connectivity index (χ4v) is 0.605. The minimum atomic E-state index is 0.944. The van der Waals surface area contributed by atoms with Crippen LogP contribution in [-0.4, -0.2) is 12.7 Å². The molecule has 0 aromatic rings. The minimum absolute atomic E-state index is 0.944. The van der Waals surface area contributed by atoms with E-state index in [0.29, 0.717) is 0 Å². The molecule has 0 rings (SSSR count). The molecule has 0 bridgehead atoms. The smallest absolute Gasteiger partial charge is 0.156 e. The van der Waals surface area contributed by atoms with Gasteiger partial charge in [0.1, 0.15) is 0 Å². The largest absolute Gasteiger partial charge is 0.322 e. The van der Waals surface area contributed by atoms with E-state index in [1.54, 1.807) is 0 Å². The van der Waals surface area contributed by atoms with E-state index in [1.165, 1.54) is 25.7 Å². The highest BCUT2D eigenvalue weighted by Gasteiger charge is 1.77. The van der Waals surface area contributed by atoms with Crippen LogP contribution < -0.4 is 11.7 Å². The van der Waals surface area contributed by atoms with Crippen LogP contribution in [0.2, 0.25) is 0 Å². The summed E-state index contributed by atoms with van der Waals surface area (Å²) < 4.78 is 0. The maximum Gasteiger partial charge on any atom is 0.156 e. The van der Waals surface area contributed by atoms with Gasteiger partial charge >= 0.3 is 0 Å². The molecule has 0 saturated carbocycles. The third kappa shape index (κ3) is 56.7. The summed E-state index contributed by atoms with van der Waals surface area (Å²) in [5, 5.41) is 11.1. The Balaban J connectivity index is -0.000000177. The Kier molecular flexibility index (Phi) is 34.9. The molecule has 0 amide bonds. The first-order chi connectivity index (χ1) is 8.24. The number of nitrogens with one attached hydrogen (secondary N) is 2. The van der Waals surface area contributed by atoms with Gasteiger partial charge in [-0.3, -0.25) is 0 Å². The molecule has 0 aliphatic heterocycles. The zero-order valence-electron chi connectivity index (χ0n) is 10.2. The van der Waals surface area contributed by atoms with Crippen molar-refractivity contribution < 1.29 is 0 Å². The Bertz CT molecular complexity index is 195. The molecule has 0 spiro atoms. The van der Waals surface area contributed by atoms with Gasteiger partial charge in [0, 0.05) is 0 Å². The number of rotatable bonds is 6. The molecule has 0 aromatic heterocycles. The summed E-state index contributed by atoms with van der Waals surface area (Å²) in [5.74, 6) is 8.99. The molecule has 0 aliphatic rings. The highest BCUT2D eigenvalue weighted by molar-refractivity contribution is 5.53. The molecule has 0 heterocycles. The van der Waals surface area contributed by atoms with Crippen molar-refractivity contribution in [3.8, 4) is 0 Å². The highest BCUT2D eigenvalue weighted by atomic mass is 15.2. The number of hydrogen-bond donors (Lipinski definition) is 4. The van der Waals surface area contributed by atoms with Crippen LogP contribution in [0.3, 0.4) is 0 Å². The van der Waals surface area contributed by atoms with Crippen LogP contribution in [0.4, 0.5) is 0 Å². The first-order valence-electron chi connectivity index (χ1n) is 5.02. The lowest BCUT2D eigenvalue weighted by atomic mass is 10.2. The Hall–Kier alpha value is -2.12. The van der Waals surface area contributed by atoms with Gasteiger partial charge in [0.05, 0.1) is 0 Å². The molecular weight excluding hydrogens is 220 g/mol. The summed E-state index contributed by atoms with van der Waals surface area (Å²) in [4.78, 5) is 0. The number of nitrogens with zero attached hydrogens (tertiary/aromatic N) is 4. The lowest BCUT2D eigenvalue weighted by molar-refractivity contribution is 0.730. The SMILES string of the molecule is C=CCCCCC.N=NC=NN.N=NC=NN. The molecule has 0 fully saturated rings. The molecule has 0 radical (unpaired) electrons. The predicted octanol–water partition coefficient (Wildman–Crippen LogP) is 2.59. The van der Waals surface area contributed by atoms with Crippen molar-refractivity contribution in [1.29, 1.82) is 11.1 Å². The molecule has 0 aliphatic carbocycles. The standard InChI is InChI=1S/C7H14.2CH4N4/c1-3-5-7-6-4-2;2*2-4-1-5-3/h3H,1,4-7H2,2H3;2*1-2H,3H2. The Morgan fingerprint density at radius 2 is 1.53 bits per heavy atom. The van der Waals surface area contributed by atoms with Gasteiger partial charge in [-0.15, -0.1) is 16.8 Å². The van der Waals surface area contributed by atoms with Gasteiger partial charge in [-0.2, -0.15) is 10.2 Å². The van der Waals surface area contributed by atoms with E-state index in [4.69, 9.17) is 11.1 Å². The van der Waals surface area contributed by atoms with Crippen molar-refractivity contribution in [1.82, 2.24) is 0 Å². The van der Waals surface area contributed by atoms with Crippen LogP contribution in [0.1, 0.15) is 32.6 Å². The van der Waals surface area contributed by atoms with Crippen molar-refractivity contribution in [3.63, 3.8) is 0 Å². The third-order valence-corrected chi connectivity index (χ3v) is 1.26. The highest BCUT2D eigenvalue weighted by Crippen LogP contribution is 1.97. The normalized spacial score (nSPS) is 8.76. The second-order valence-electron chi connectivity index (χ2n) is 2.57. The van der Waals surface area contributed by atoms with Crippen LogP contribution in [-0.2, 0) is 0 Å². The van der Waals surface area contributed by atoms with Gasteiger partial charge in [-0.25, -0.2) is 11.1 Å². The van der Waals surface area contributed by atoms with Crippen LogP contribution in [0.15, 0.2) is 33.1 Å². The first kappa shape index (κ1) is 20.3. The van der Waals surface area contributed by atoms with Crippen molar-refractivity contribution >= 4 is 12.7 Å². The second-order valence-corrected chi connectivity index (χ2v) is 2.57. The van der Waals surface area contributed by atoms with E-state index in [1.807, 2.05) is 6.08 Å². The fourth-order valence-electron chi connectivity index (χ4n) is 0.605. The number of allylic oxidation sites excluding steroid dienone is 1. The number of unbranched alkanes of at least 4 members (excludes halogenated alkanes) is 3. The van der Waals surface area contributed by atoms with E-state index in [9.17, 15) is 0 Å². The van der Waals surface area contributed by atoms with E-state index in [0.717, 1.165) is 12.7 Å². The summed E-state index contributed by atoms with van der Waals surface area (Å²) in [5.41, 5.74) is 12.0. The molecule has 98 valence electrons. The average molecular weight is 242 g/mol. The number of hydrazone groups is 2. The fraction of sp³-hybridized carbons (Fsp3) is 0.556. The zero-order chi connectivity index (χ0) is 13.8. The topological polar surface area (TPSA) is 149 Å². The van der Waals surface area contributed by atoms with Crippen LogP contribution in [0, 0.1) is 11.1 Å². The van der Waals surface area contributed by atoms with Crippen molar-refractivity contribution in [2.75, 3.05) is 0 Å². The summed E-state index contributed by atoms with van der Waals surface area (Å²) in [7, 11) is 0. The molecule has 0 aromatic carbocycles. The zero-order valence-corrected chi connectivity index (χ0v) is 10.2. The molecule has 0 saturated heterocycles. The molecule has 8 nitrogen and oxygen atoms in total. The summed E-state index contributed by atoms with van der Waals surface area (Å²) in [6, 6.07) is 0. The molecule has 8 heteroatoms. The van der Waals surface area contributed by atoms with E-state index in [2.05, 4.69) is 45.6 Å². The van der Waals surface area contributed by atoms with Crippen molar-refractivity contribution in [2.45, 2.75) is 32.6 Å². The second kappa shape index (κ2) is 29.2. The van der Waals surface area contributed by atoms with Crippen LogP contribution in [0.25, 0.3) is 0 Å². The monoisotopic (exact) mass is 242 g/mol. The van der Waals surface area contributed by atoms with Gasteiger partial charge in [-0.1, -0.05) is 25.8 Å². The average Bonchev–Trinajstić information content (AvgIpc) is 2.33. The molecule has 6 N–H and O–H groups in total. The first-order valence-corrected chi connectivity index (χ1v) is 5.02. The lowest BCUT2D eigenvalue weighted by Crippen LogP contribution is -1.75. The molecule has 0 unspecified atom stereocenters. The molecule has 17 heavy (non-hydrogen) atoms.